The van der Waals surface area contributed by atoms with Gasteiger partial charge in [-0.1, -0.05) is 43.7 Å². The van der Waals surface area contributed by atoms with Crippen LogP contribution in [0.1, 0.15) is 52.4 Å². The average Bonchev–Trinajstić information content (AvgIpc) is 2.79. The Bertz CT molecular complexity index is 1150. The van der Waals surface area contributed by atoms with Crippen molar-refractivity contribution in [3.63, 3.8) is 0 Å². The number of ether oxygens (including phenoxy) is 2. The van der Waals surface area contributed by atoms with E-state index in [1.807, 2.05) is 38.1 Å². The number of amides is 1. The van der Waals surface area contributed by atoms with E-state index >= 15 is 0 Å². The highest BCUT2D eigenvalue weighted by molar-refractivity contribution is 5.91. The number of hydrogen-bond donors (Lipinski definition) is 1. The molecule has 0 unspecified atom stereocenters. The van der Waals surface area contributed by atoms with E-state index < -0.39 is 5.97 Å². The molecule has 170 valence electrons. The minimum Gasteiger partial charge on any atom is -0.483 e. The van der Waals surface area contributed by atoms with Crippen molar-refractivity contribution in [3.05, 3.63) is 94.5 Å². The molecule has 3 aromatic rings. The third-order valence-corrected chi connectivity index (χ3v) is 4.98. The highest BCUT2D eigenvalue weighted by Gasteiger charge is 2.09. The maximum atomic E-state index is 12.2. The van der Waals surface area contributed by atoms with Gasteiger partial charge in [-0.2, -0.15) is 5.10 Å². The van der Waals surface area contributed by atoms with Gasteiger partial charge in [-0.3, -0.25) is 4.79 Å². The smallest absolute Gasteiger partial charge is 0.343 e. The molecule has 6 nitrogen and oxygen atoms in total. The molecule has 3 aromatic carbocycles. The molecule has 0 aliphatic heterocycles. The van der Waals surface area contributed by atoms with E-state index in [-0.39, 0.29) is 12.5 Å². The zero-order valence-corrected chi connectivity index (χ0v) is 19.3. The zero-order chi connectivity index (χ0) is 23.8. The van der Waals surface area contributed by atoms with Crippen molar-refractivity contribution in [1.29, 1.82) is 0 Å². The lowest BCUT2D eigenvalue weighted by Gasteiger charge is -2.12. The molecule has 0 bridgehead atoms. The molecule has 0 fully saturated rings. The maximum absolute atomic E-state index is 12.2. The summed E-state index contributed by atoms with van der Waals surface area (Å²) in [7, 11) is 0. The second-order valence-corrected chi connectivity index (χ2v) is 8.09. The van der Waals surface area contributed by atoms with Gasteiger partial charge in [-0.25, -0.2) is 10.2 Å². The first-order valence-corrected chi connectivity index (χ1v) is 10.8. The third-order valence-electron chi connectivity index (χ3n) is 4.98. The van der Waals surface area contributed by atoms with Crippen LogP contribution in [0.2, 0.25) is 0 Å². The van der Waals surface area contributed by atoms with Crippen LogP contribution in [-0.2, 0) is 4.79 Å². The minimum atomic E-state index is -0.415. The van der Waals surface area contributed by atoms with Crippen LogP contribution in [0, 0.1) is 13.8 Å². The van der Waals surface area contributed by atoms with Gasteiger partial charge in [0, 0.05) is 0 Å². The zero-order valence-electron chi connectivity index (χ0n) is 19.3. The Morgan fingerprint density at radius 2 is 1.76 bits per heavy atom. The molecule has 33 heavy (non-hydrogen) atoms. The van der Waals surface area contributed by atoms with Crippen LogP contribution in [-0.4, -0.2) is 24.7 Å². The number of nitrogens with zero attached hydrogens (tertiary/aromatic N) is 1. The highest BCUT2D eigenvalue weighted by Crippen LogP contribution is 2.24. The Hall–Kier alpha value is -3.93. The normalized spacial score (nSPS) is 10.9. The quantitative estimate of drug-likeness (QED) is 0.225. The molecule has 0 atom stereocenters. The summed E-state index contributed by atoms with van der Waals surface area (Å²) in [6.45, 7) is 7.94. The number of nitrogens with one attached hydrogen (secondary N) is 1. The Morgan fingerprint density at radius 3 is 2.45 bits per heavy atom. The molecule has 0 saturated carbocycles. The van der Waals surface area contributed by atoms with E-state index in [1.54, 1.807) is 36.4 Å². The van der Waals surface area contributed by atoms with E-state index in [4.69, 9.17) is 9.47 Å². The fourth-order valence-corrected chi connectivity index (χ4v) is 3.05. The SMILES string of the molecule is Cc1cccc(C(=O)Oc2ccc(C=NNC(=O)COc3cc(C(C)C)ccc3C)cc2)c1. The standard InChI is InChI=1S/C27H28N2O4/c1-18(2)22-11-8-20(4)25(15-22)32-17-26(30)29-28-16-21-9-12-24(13-10-21)33-27(31)23-7-5-6-19(3)14-23/h5-16,18H,17H2,1-4H3,(H,29,30). The van der Waals surface area contributed by atoms with Crippen molar-refractivity contribution in [1.82, 2.24) is 5.43 Å². The predicted molar refractivity (Wildman–Crippen MR) is 129 cm³/mol. The number of hydrogen-bond acceptors (Lipinski definition) is 5. The van der Waals surface area contributed by atoms with Gasteiger partial charge >= 0.3 is 5.97 Å². The number of carbonyl (C=O) groups is 2. The van der Waals surface area contributed by atoms with Crippen LogP contribution >= 0.6 is 0 Å². The molecule has 6 heteroatoms. The molecule has 1 N–H and O–H groups in total. The van der Waals surface area contributed by atoms with Crippen molar-refractivity contribution in [3.8, 4) is 11.5 Å². The molecule has 0 spiro atoms. The molecule has 0 aliphatic rings. The van der Waals surface area contributed by atoms with Gasteiger partial charge in [0.1, 0.15) is 11.5 Å². The van der Waals surface area contributed by atoms with Gasteiger partial charge in [0.05, 0.1) is 11.8 Å². The number of aryl methyl sites for hydroxylation is 2. The number of esters is 1. The summed E-state index contributed by atoms with van der Waals surface area (Å²) in [4.78, 5) is 24.3. The number of rotatable bonds is 8. The Labute approximate surface area is 194 Å². The first-order chi connectivity index (χ1) is 15.8. The minimum absolute atomic E-state index is 0.131. The lowest BCUT2D eigenvalue weighted by atomic mass is 10.0. The van der Waals surface area contributed by atoms with E-state index in [2.05, 4.69) is 30.4 Å². The van der Waals surface area contributed by atoms with Crippen molar-refractivity contribution in [2.24, 2.45) is 5.10 Å². The average molecular weight is 445 g/mol. The van der Waals surface area contributed by atoms with Crippen molar-refractivity contribution < 1.29 is 19.1 Å². The number of benzene rings is 3. The third kappa shape index (κ3) is 7.04. The van der Waals surface area contributed by atoms with Gasteiger partial charge in [-0.15, -0.1) is 0 Å². The first-order valence-electron chi connectivity index (χ1n) is 10.8. The van der Waals surface area contributed by atoms with Crippen molar-refractivity contribution >= 4 is 18.1 Å². The maximum Gasteiger partial charge on any atom is 0.343 e. The Balaban J connectivity index is 1.49. The van der Waals surface area contributed by atoms with E-state index in [1.165, 1.54) is 6.21 Å². The molecule has 0 aromatic heterocycles. The summed E-state index contributed by atoms with van der Waals surface area (Å²) in [6, 6.07) is 20.1. The van der Waals surface area contributed by atoms with E-state index in [0.717, 1.165) is 22.3 Å². The van der Waals surface area contributed by atoms with Crippen LogP contribution in [0.5, 0.6) is 11.5 Å². The Kier molecular flexibility index (Phi) is 7.97. The summed E-state index contributed by atoms with van der Waals surface area (Å²) in [5.41, 5.74) is 6.81. The molecular weight excluding hydrogens is 416 g/mol. The first kappa shape index (κ1) is 23.7. The van der Waals surface area contributed by atoms with E-state index in [0.29, 0.717) is 23.0 Å². The fraction of sp³-hybridized carbons (Fsp3) is 0.222. The summed E-state index contributed by atoms with van der Waals surface area (Å²) >= 11 is 0. The molecule has 0 heterocycles. The molecule has 1 amide bonds. The van der Waals surface area contributed by atoms with Gasteiger partial charge in [0.25, 0.3) is 5.91 Å². The van der Waals surface area contributed by atoms with Crippen LogP contribution in [0.25, 0.3) is 0 Å². The predicted octanol–water partition coefficient (Wildman–Crippen LogP) is 5.18. The van der Waals surface area contributed by atoms with Crippen LogP contribution in [0.3, 0.4) is 0 Å². The lowest BCUT2D eigenvalue weighted by Crippen LogP contribution is -2.24. The van der Waals surface area contributed by atoms with Gasteiger partial charge in [0.2, 0.25) is 0 Å². The topological polar surface area (TPSA) is 77.0 Å². The fourth-order valence-electron chi connectivity index (χ4n) is 3.05. The second kappa shape index (κ2) is 11.1. The van der Waals surface area contributed by atoms with E-state index in [9.17, 15) is 9.59 Å². The summed E-state index contributed by atoms with van der Waals surface area (Å²) in [6.07, 6.45) is 1.51. The van der Waals surface area contributed by atoms with Crippen molar-refractivity contribution in [2.45, 2.75) is 33.6 Å². The molecular formula is C27H28N2O4. The molecule has 0 aliphatic carbocycles. The van der Waals surface area contributed by atoms with Crippen LogP contribution < -0.4 is 14.9 Å². The van der Waals surface area contributed by atoms with Gasteiger partial charge < -0.3 is 9.47 Å². The Morgan fingerprint density at radius 1 is 1.00 bits per heavy atom. The summed E-state index contributed by atoms with van der Waals surface area (Å²) in [5.74, 6) is 0.723. The molecule has 0 radical (unpaired) electrons. The molecule has 3 rings (SSSR count). The lowest BCUT2D eigenvalue weighted by molar-refractivity contribution is -0.123. The molecule has 0 saturated heterocycles. The van der Waals surface area contributed by atoms with Gasteiger partial charge in [0.15, 0.2) is 6.61 Å². The largest absolute Gasteiger partial charge is 0.483 e. The van der Waals surface area contributed by atoms with Crippen LogP contribution in [0.4, 0.5) is 0 Å². The monoisotopic (exact) mass is 444 g/mol. The van der Waals surface area contributed by atoms with Crippen molar-refractivity contribution in [2.75, 3.05) is 6.61 Å². The summed E-state index contributed by atoms with van der Waals surface area (Å²) in [5, 5.41) is 3.96. The van der Waals surface area contributed by atoms with Crippen LogP contribution in [0.15, 0.2) is 71.8 Å². The van der Waals surface area contributed by atoms with Gasteiger partial charge in [-0.05, 0) is 78.9 Å². The highest BCUT2D eigenvalue weighted by atomic mass is 16.5. The summed E-state index contributed by atoms with van der Waals surface area (Å²) < 4.78 is 11.0. The number of hydrazone groups is 1. The number of carbonyl (C=O) groups excluding carboxylic acids is 2. The second-order valence-electron chi connectivity index (χ2n) is 8.09.